The summed E-state index contributed by atoms with van der Waals surface area (Å²) in [7, 11) is 0. The average molecular weight is 700 g/mol. The summed E-state index contributed by atoms with van der Waals surface area (Å²) in [6, 6.07) is 27.5. The summed E-state index contributed by atoms with van der Waals surface area (Å²) in [4.78, 5) is 39.9. The lowest BCUT2D eigenvalue weighted by atomic mass is 9.94. The van der Waals surface area contributed by atoms with Crippen LogP contribution in [0.4, 0.5) is 10.9 Å². The summed E-state index contributed by atoms with van der Waals surface area (Å²) in [6.45, 7) is 5.27. The van der Waals surface area contributed by atoms with Crippen LogP contribution in [0, 0.1) is 0 Å². The van der Waals surface area contributed by atoms with Crippen molar-refractivity contribution in [3.05, 3.63) is 125 Å². The zero-order chi connectivity index (χ0) is 34.7. The monoisotopic (exact) mass is 699 g/mol. The molecule has 12 heteroatoms. The van der Waals surface area contributed by atoms with Gasteiger partial charge >= 0.3 is 5.97 Å². The third-order valence-electron chi connectivity index (χ3n) is 9.68. The van der Waals surface area contributed by atoms with E-state index in [4.69, 9.17) is 9.84 Å². The number of morpholine rings is 1. The van der Waals surface area contributed by atoms with Crippen molar-refractivity contribution < 1.29 is 19.4 Å². The van der Waals surface area contributed by atoms with Gasteiger partial charge in [0.25, 0.3) is 5.91 Å². The van der Waals surface area contributed by atoms with Crippen LogP contribution in [0.2, 0.25) is 0 Å². The van der Waals surface area contributed by atoms with Gasteiger partial charge in [-0.05, 0) is 59.9 Å². The van der Waals surface area contributed by atoms with E-state index in [-0.39, 0.29) is 17.6 Å². The van der Waals surface area contributed by atoms with Crippen LogP contribution < -0.4 is 10.2 Å². The summed E-state index contributed by atoms with van der Waals surface area (Å²) in [5.41, 5.74) is 5.70. The van der Waals surface area contributed by atoms with Crippen LogP contribution in [0.25, 0.3) is 21.3 Å². The Balaban J connectivity index is 1.03. The molecule has 0 spiro atoms. The van der Waals surface area contributed by atoms with E-state index in [9.17, 15) is 14.7 Å². The molecule has 2 N–H and O–H groups in total. The number of carbonyl (C=O) groups excluding carboxylic acids is 1. The number of ether oxygens (including phenoxy) is 1. The van der Waals surface area contributed by atoms with E-state index < -0.39 is 5.97 Å². The lowest BCUT2D eigenvalue weighted by Gasteiger charge is -2.31. The number of pyridine rings is 1. The van der Waals surface area contributed by atoms with Crippen molar-refractivity contribution in [1.29, 1.82) is 0 Å². The standard InChI is InChI=1S/C39H37N7O4S/c47-37(43-39-41-32-11-4-5-12-34(32)51-39)30-10-6-9-26-15-18-45(25-31(26)30)35-14-13-29(36(42-35)38(48)49)28-23-40-46(24-28)33(27-7-2-1-3-8-27)16-17-44-19-21-50-22-20-44/h1-14,23-24,33H,15-22,25H2,(H,48,49)(H,41,43,47). The quantitative estimate of drug-likeness (QED) is 0.168. The number of fused-ring (bicyclic) bond motifs is 2. The molecule has 1 amide bonds. The summed E-state index contributed by atoms with van der Waals surface area (Å²) in [5, 5.41) is 18.6. The Hall–Kier alpha value is -5.43. The van der Waals surface area contributed by atoms with E-state index in [0.29, 0.717) is 47.2 Å². The van der Waals surface area contributed by atoms with Gasteiger partial charge in [-0.1, -0.05) is 65.9 Å². The number of benzene rings is 3. The molecule has 1 unspecified atom stereocenters. The number of anilines is 2. The van der Waals surface area contributed by atoms with Gasteiger partial charge in [-0.15, -0.1) is 0 Å². The van der Waals surface area contributed by atoms with E-state index in [1.165, 1.54) is 11.3 Å². The van der Waals surface area contributed by atoms with Crippen LogP contribution in [0.3, 0.4) is 0 Å². The topological polar surface area (TPSA) is 126 Å². The maximum atomic E-state index is 13.5. The van der Waals surface area contributed by atoms with Crippen LogP contribution in [0.5, 0.6) is 0 Å². The number of carbonyl (C=O) groups is 2. The zero-order valence-corrected chi connectivity index (χ0v) is 28.8. The first-order valence-electron chi connectivity index (χ1n) is 17.2. The van der Waals surface area contributed by atoms with Gasteiger partial charge in [-0.25, -0.2) is 14.8 Å². The van der Waals surface area contributed by atoms with Gasteiger partial charge in [0.05, 0.1) is 35.7 Å². The molecule has 3 aromatic carbocycles. The molecule has 1 fully saturated rings. The lowest BCUT2D eigenvalue weighted by Crippen LogP contribution is -2.37. The lowest BCUT2D eigenvalue weighted by molar-refractivity contribution is 0.0360. The number of para-hydroxylation sites is 1. The second-order valence-electron chi connectivity index (χ2n) is 12.8. The summed E-state index contributed by atoms with van der Waals surface area (Å²) >= 11 is 1.44. The highest BCUT2D eigenvalue weighted by Gasteiger charge is 2.26. The smallest absolute Gasteiger partial charge is 0.355 e. The SMILES string of the molecule is O=C(Nc1nc2ccccc2s1)c1cccc2c1CN(c1ccc(-c3cnn(C(CCN4CCOCC4)c4ccccc4)c3)c(C(=O)O)n1)CC2. The predicted octanol–water partition coefficient (Wildman–Crippen LogP) is 6.38. The highest BCUT2D eigenvalue weighted by atomic mass is 32.1. The highest BCUT2D eigenvalue weighted by Crippen LogP contribution is 2.32. The van der Waals surface area contributed by atoms with Crippen molar-refractivity contribution >= 4 is 44.4 Å². The number of aromatic nitrogens is 4. The molecule has 11 nitrogen and oxygen atoms in total. The highest BCUT2D eigenvalue weighted by molar-refractivity contribution is 7.22. The molecular weight excluding hydrogens is 663 g/mol. The molecular formula is C39H37N7O4S. The largest absolute Gasteiger partial charge is 0.476 e. The van der Waals surface area contributed by atoms with E-state index >= 15 is 0 Å². The number of nitrogens with zero attached hydrogens (tertiary/aromatic N) is 6. The van der Waals surface area contributed by atoms with Gasteiger partial charge < -0.3 is 14.7 Å². The van der Waals surface area contributed by atoms with Crippen molar-refractivity contribution in [2.45, 2.75) is 25.4 Å². The minimum atomic E-state index is -1.11. The third kappa shape index (κ3) is 6.98. The molecule has 2 aliphatic heterocycles. The molecule has 0 aliphatic carbocycles. The summed E-state index contributed by atoms with van der Waals surface area (Å²) in [6.07, 6.45) is 5.20. The van der Waals surface area contributed by atoms with Crippen LogP contribution in [0.15, 0.2) is 97.3 Å². The molecule has 2 aliphatic rings. The molecule has 3 aromatic heterocycles. The molecule has 0 radical (unpaired) electrons. The van der Waals surface area contributed by atoms with Crippen LogP contribution in [0.1, 0.15) is 50.0 Å². The molecule has 5 heterocycles. The first kappa shape index (κ1) is 32.8. The average Bonchev–Trinajstić information content (AvgIpc) is 3.82. The van der Waals surface area contributed by atoms with Crippen LogP contribution >= 0.6 is 11.3 Å². The van der Waals surface area contributed by atoms with Gasteiger partial charge in [-0.3, -0.25) is 19.7 Å². The molecule has 51 heavy (non-hydrogen) atoms. The molecule has 1 atom stereocenters. The van der Waals surface area contributed by atoms with E-state index in [1.807, 2.05) is 88.6 Å². The Kier molecular flexibility index (Phi) is 9.27. The number of carboxylic acid groups (broad SMARTS) is 1. The maximum Gasteiger partial charge on any atom is 0.355 e. The number of amides is 1. The Morgan fingerprint density at radius 2 is 1.75 bits per heavy atom. The zero-order valence-electron chi connectivity index (χ0n) is 27.9. The number of rotatable bonds is 10. The molecule has 258 valence electrons. The fourth-order valence-corrected chi connectivity index (χ4v) is 7.87. The fourth-order valence-electron chi connectivity index (χ4n) is 7.00. The van der Waals surface area contributed by atoms with Crippen molar-refractivity contribution in [1.82, 2.24) is 24.6 Å². The first-order chi connectivity index (χ1) is 25.0. The van der Waals surface area contributed by atoms with Gasteiger partial charge in [0.2, 0.25) is 0 Å². The van der Waals surface area contributed by atoms with Gasteiger partial charge in [0.1, 0.15) is 5.82 Å². The Morgan fingerprint density at radius 1 is 0.922 bits per heavy atom. The minimum absolute atomic E-state index is 0.0159. The van der Waals surface area contributed by atoms with Crippen LogP contribution in [-0.4, -0.2) is 81.0 Å². The maximum absolute atomic E-state index is 13.5. The third-order valence-corrected chi connectivity index (χ3v) is 10.6. The Morgan fingerprint density at radius 3 is 2.57 bits per heavy atom. The predicted molar refractivity (Wildman–Crippen MR) is 198 cm³/mol. The molecule has 8 rings (SSSR count). The van der Waals surface area contributed by atoms with Crippen molar-refractivity contribution in [2.75, 3.05) is 49.6 Å². The molecule has 1 saturated heterocycles. The van der Waals surface area contributed by atoms with Gasteiger partial charge in [-0.2, -0.15) is 5.10 Å². The summed E-state index contributed by atoms with van der Waals surface area (Å²) < 4.78 is 8.47. The van der Waals surface area contributed by atoms with Crippen molar-refractivity contribution in [3.63, 3.8) is 0 Å². The molecule has 0 bridgehead atoms. The van der Waals surface area contributed by atoms with E-state index in [0.717, 1.165) is 66.2 Å². The van der Waals surface area contributed by atoms with Gasteiger partial charge in [0.15, 0.2) is 10.8 Å². The number of thiazole rings is 1. The number of carboxylic acids is 1. The van der Waals surface area contributed by atoms with Crippen LogP contribution in [-0.2, 0) is 17.7 Å². The Bertz CT molecular complexity index is 2160. The number of aromatic carboxylic acids is 1. The summed E-state index contributed by atoms with van der Waals surface area (Å²) in [5.74, 6) is -0.791. The Labute approximate surface area is 299 Å². The van der Waals surface area contributed by atoms with Gasteiger partial charge in [0, 0.05) is 55.6 Å². The number of hydrogen-bond donors (Lipinski definition) is 2. The van der Waals surface area contributed by atoms with Crippen molar-refractivity contribution in [3.8, 4) is 11.1 Å². The molecule has 6 aromatic rings. The second-order valence-corrected chi connectivity index (χ2v) is 13.8. The van der Waals surface area contributed by atoms with E-state index in [2.05, 4.69) is 32.3 Å². The first-order valence-corrected chi connectivity index (χ1v) is 18.0. The fraction of sp³-hybridized carbons (Fsp3) is 0.256. The minimum Gasteiger partial charge on any atom is -0.476 e. The number of hydrogen-bond acceptors (Lipinski definition) is 9. The number of nitrogens with one attached hydrogen (secondary N) is 1. The normalized spacial score (nSPS) is 15.4. The van der Waals surface area contributed by atoms with E-state index in [1.54, 1.807) is 6.20 Å². The van der Waals surface area contributed by atoms with Crippen molar-refractivity contribution in [2.24, 2.45) is 0 Å². The molecule has 0 saturated carbocycles. The second kappa shape index (κ2) is 14.4.